The van der Waals surface area contributed by atoms with Crippen molar-refractivity contribution in [3.8, 4) is 11.5 Å². The second-order valence-electron chi connectivity index (χ2n) is 6.22. The van der Waals surface area contributed by atoms with Gasteiger partial charge in [-0.3, -0.25) is 4.79 Å². The molecule has 0 saturated heterocycles. The summed E-state index contributed by atoms with van der Waals surface area (Å²) in [7, 11) is 0. The smallest absolute Gasteiger partial charge is 0.231 e. The molecule has 0 atom stereocenters. The van der Waals surface area contributed by atoms with Gasteiger partial charge in [0.1, 0.15) is 16.3 Å². The normalized spacial score (nSPS) is 11.0. The lowest BCUT2D eigenvalue weighted by Crippen LogP contribution is -2.14. The van der Waals surface area contributed by atoms with E-state index >= 15 is 0 Å². The van der Waals surface area contributed by atoms with E-state index < -0.39 is 0 Å². The number of aromatic nitrogens is 1. The van der Waals surface area contributed by atoms with Crippen LogP contribution >= 0.6 is 11.3 Å². The van der Waals surface area contributed by atoms with Crippen molar-refractivity contribution in [3.05, 3.63) is 70.0 Å². The number of hydrogen-bond donors (Lipinski definition) is 1. The van der Waals surface area contributed by atoms with Gasteiger partial charge >= 0.3 is 0 Å². The van der Waals surface area contributed by atoms with Crippen LogP contribution in [-0.2, 0) is 11.2 Å². The number of amides is 1. The highest BCUT2D eigenvalue weighted by atomic mass is 32.1. The van der Waals surface area contributed by atoms with E-state index in [0.717, 1.165) is 44.2 Å². The average Bonchev–Trinajstić information content (AvgIpc) is 3.22. The van der Waals surface area contributed by atoms with Crippen molar-refractivity contribution in [2.75, 3.05) is 5.32 Å². The summed E-state index contributed by atoms with van der Waals surface area (Å²) < 4.78 is 5.96. The van der Waals surface area contributed by atoms with Gasteiger partial charge in [0.25, 0.3) is 0 Å². The fraction of sp³-hybridized carbons (Fsp3) is 0.143. The van der Waals surface area contributed by atoms with Gasteiger partial charge in [-0.05, 0) is 31.5 Å². The standard InChI is InChI=1S/C21H18N2O2S/c1-13-7-3-5-9-16(13)22-19(24)11-20-23-17(12-26-20)21-14(2)15-8-4-6-10-18(15)25-21/h3-10,12H,11H2,1-2H3,(H,22,24). The number of aryl methyl sites for hydroxylation is 2. The Morgan fingerprint density at radius 2 is 1.88 bits per heavy atom. The van der Waals surface area contributed by atoms with E-state index in [2.05, 4.69) is 10.3 Å². The van der Waals surface area contributed by atoms with Crippen LogP contribution in [0.25, 0.3) is 22.4 Å². The third-order valence-electron chi connectivity index (χ3n) is 4.36. The Labute approximate surface area is 155 Å². The predicted octanol–water partition coefficient (Wildman–Crippen LogP) is 5.35. The summed E-state index contributed by atoms with van der Waals surface area (Å²) in [5.41, 5.74) is 4.58. The minimum atomic E-state index is -0.0680. The van der Waals surface area contributed by atoms with Crippen LogP contribution in [0.3, 0.4) is 0 Å². The molecule has 0 aliphatic carbocycles. The Balaban J connectivity index is 1.53. The molecule has 0 fully saturated rings. The predicted molar refractivity (Wildman–Crippen MR) is 106 cm³/mol. The summed E-state index contributed by atoms with van der Waals surface area (Å²) in [5.74, 6) is 0.703. The lowest BCUT2D eigenvalue weighted by molar-refractivity contribution is -0.115. The molecule has 2 aromatic heterocycles. The van der Waals surface area contributed by atoms with Crippen LogP contribution < -0.4 is 5.32 Å². The molecule has 5 heteroatoms. The van der Waals surface area contributed by atoms with Crippen molar-refractivity contribution in [1.82, 2.24) is 4.98 Å². The molecule has 1 N–H and O–H groups in total. The first kappa shape index (κ1) is 16.5. The van der Waals surface area contributed by atoms with E-state index in [9.17, 15) is 4.79 Å². The van der Waals surface area contributed by atoms with Gasteiger partial charge in [0.05, 0.1) is 6.42 Å². The number of fused-ring (bicyclic) bond motifs is 1. The van der Waals surface area contributed by atoms with Crippen LogP contribution in [0.1, 0.15) is 16.1 Å². The molecule has 0 saturated carbocycles. The first-order chi connectivity index (χ1) is 12.6. The minimum absolute atomic E-state index is 0.0680. The van der Waals surface area contributed by atoms with E-state index in [1.165, 1.54) is 11.3 Å². The molecule has 0 aliphatic rings. The third kappa shape index (κ3) is 3.13. The number of para-hydroxylation sites is 2. The van der Waals surface area contributed by atoms with E-state index in [1.807, 2.05) is 67.8 Å². The Kier molecular flexibility index (Phi) is 4.31. The monoisotopic (exact) mass is 362 g/mol. The summed E-state index contributed by atoms with van der Waals surface area (Å²) in [6, 6.07) is 15.7. The quantitative estimate of drug-likeness (QED) is 0.532. The van der Waals surface area contributed by atoms with Crippen molar-refractivity contribution in [2.24, 2.45) is 0 Å². The van der Waals surface area contributed by atoms with Gasteiger partial charge in [-0.2, -0.15) is 0 Å². The molecule has 4 rings (SSSR count). The molecule has 2 aromatic carbocycles. The molecule has 130 valence electrons. The topological polar surface area (TPSA) is 55.1 Å². The molecule has 0 bridgehead atoms. The van der Waals surface area contributed by atoms with E-state index in [-0.39, 0.29) is 12.3 Å². The van der Waals surface area contributed by atoms with Gasteiger partial charge in [0, 0.05) is 22.0 Å². The summed E-state index contributed by atoms with van der Waals surface area (Å²) >= 11 is 1.47. The molecular weight excluding hydrogens is 344 g/mol. The third-order valence-corrected chi connectivity index (χ3v) is 5.21. The van der Waals surface area contributed by atoms with Crippen LogP contribution in [0.5, 0.6) is 0 Å². The number of carbonyl (C=O) groups is 1. The maximum atomic E-state index is 12.3. The van der Waals surface area contributed by atoms with Crippen molar-refractivity contribution in [3.63, 3.8) is 0 Å². The van der Waals surface area contributed by atoms with E-state index in [4.69, 9.17) is 4.42 Å². The zero-order valence-electron chi connectivity index (χ0n) is 14.6. The molecule has 26 heavy (non-hydrogen) atoms. The van der Waals surface area contributed by atoms with Crippen LogP contribution in [-0.4, -0.2) is 10.9 Å². The second-order valence-corrected chi connectivity index (χ2v) is 7.16. The lowest BCUT2D eigenvalue weighted by atomic mass is 10.1. The molecule has 0 unspecified atom stereocenters. The molecule has 4 aromatic rings. The van der Waals surface area contributed by atoms with E-state index in [0.29, 0.717) is 0 Å². The number of furan rings is 1. The summed E-state index contributed by atoms with van der Waals surface area (Å²) in [5, 5.41) is 6.75. The van der Waals surface area contributed by atoms with Crippen molar-refractivity contribution in [1.29, 1.82) is 0 Å². The maximum absolute atomic E-state index is 12.3. The molecule has 0 aliphatic heterocycles. The van der Waals surface area contributed by atoms with Gasteiger partial charge in [0.2, 0.25) is 5.91 Å². The average molecular weight is 362 g/mol. The fourth-order valence-corrected chi connectivity index (χ4v) is 3.73. The van der Waals surface area contributed by atoms with Gasteiger partial charge in [0.15, 0.2) is 5.76 Å². The first-order valence-electron chi connectivity index (χ1n) is 8.40. The van der Waals surface area contributed by atoms with E-state index in [1.54, 1.807) is 0 Å². The van der Waals surface area contributed by atoms with Crippen molar-refractivity contribution in [2.45, 2.75) is 20.3 Å². The molecule has 1 amide bonds. The molecule has 4 nitrogen and oxygen atoms in total. The molecule has 2 heterocycles. The lowest BCUT2D eigenvalue weighted by Gasteiger charge is -2.06. The number of nitrogens with zero attached hydrogens (tertiary/aromatic N) is 1. The zero-order chi connectivity index (χ0) is 18.1. The Morgan fingerprint density at radius 1 is 1.12 bits per heavy atom. The Morgan fingerprint density at radius 3 is 2.69 bits per heavy atom. The first-order valence-corrected chi connectivity index (χ1v) is 9.28. The van der Waals surface area contributed by atoms with Crippen LogP contribution in [0.15, 0.2) is 58.3 Å². The Hall–Kier alpha value is -2.92. The van der Waals surface area contributed by atoms with Crippen LogP contribution in [0.2, 0.25) is 0 Å². The van der Waals surface area contributed by atoms with Gasteiger partial charge in [-0.15, -0.1) is 11.3 Å². The summed E-state index contributed by atoms with van der Waals surface area (Å²) in [4.78, 5) is 16.9. The van der Waals surface area contributed by atoms with Crippen LogP contribution in [0.4, 0.5) is 5.69 Å². The van der Waals surface area contributed by atoms with Crippen molar-refractivity contribution < 1.29 is 9.21 Å². The second kappa shape index (κ2) is 6.77. The molecule has 0 spiro atoms. The number of anilines is 1. The highest BCUT2D eigenvalue weighted by Gasteiger charge is 2.16. The summed E-state index contributed by atoms with van der Waals surface area (Å²) in [6.07, 6.45) is 0.248. The number of rotatable bonds is 4. The number of carbonyl (C=O) groups excluding carboxylic acids is 1. The highest BCUT2D eigenvalue weighted by molar-refractivity contribution is 7.10. The summed E-state index contributed by atoms with van der Waals surface area (Å²) in [6.45, 7) is 4.01. The zero-order valence-corrected chi connectivity index (χ0v) is 15.4. The number of nitrogens with one attached hydrogen (secondary N) is 1. The SMILES string of the molecule is Cc1ccccc1NC(=O)Cc1nc(-c2oc3ccccc3c2C)cs1. The fourth-order valence-electron chi connectivity index (χ4n) is 2.96. The number of thiazole rings is 1. The van der Waals surface area contributed by atoms with Crippen LogP contribution in [0, 0.1) is 13.8 Å². The molecular formula is C21H18N2O2S. The Bertz CT molecular complexity index is 1090. The highest BCUT2D eigenvalue weighted by Crippen LogP contribution is 2.33. The number of benzene rings is 2. The van der Waals surface area contributed by atoms with Gasteiger partial charge in [-0.25, -0.2) is 4.98 Å². The largest absolute Gasteiger partial charge is 0.454 e. The molecule has 0 radical (unpaired) electrons. The van der Waals surface area contributed by atoms with Gasteiger partial charge < -0.3 is 9.73 Å². The minimum Gasteiger partial charge on any atom is -0.454 e. The van der Waals surface area contributed by atoms with Crippen molar-refractivity contribution >= 4 is 33.9 Å². The maximum Gasteiger partial charge on any atom is 0.231 e. The number of hydrogen-bond acceptors (Lipinski definition) is 4. The van der Waals surface area contributed by atoms with Gasteiger partial charge in [-0.1, -0.05) is 36.4 Å².